The fraction of sp³-hybridized carbons (Fsp3) is 0.0625. The Balaban J connectivity index is 2.23. The molecule has 0 saturated heterocycles. The molecular weight excluding hydrogens is 349 g/mol. The van der Waals surface area contributed by atoms with Crippen LogP contribution in [0.2, 0.25) is 0 Å². The molecule has 0 aromatic heterocycles. The maximum absolute atomic E-state index is 11.2. The van der Waals surface area contributed by atoms with Crippen LogP contribution in [-0.2, 0) is 11.2 Å². The number of anilines is 1. The molecule has 0 amide bonds. The van der Waals surface area contributed by atoms with Crippen LogP contribution in [0.5, 0.6) is 0 Å². The molecule has 0 heterocycles. The SMILES string of the molecule is Nc1ccc(C/C=C(/C=O)c2ccccc2I)cc1. The highest BCUT2D eigenvalue weighted by atomic mass is 127. The Hall–Kier alpha value is -1.62. The maximum Gasteiger partial charge on any atom is 0.150 e. The number of carbonyl (C=O) groups is 1. The van der Waals surface area contributed by atoms with Crippen LogP contribution in [0.4, 0.5) is 5.69 Å². The van der Waals surface area contributed by atoms with Gasteiger partial charge >= 0.3 is 0 Å². The summed E-state index contributed by atoms with van der Waals surface area (Å²) in [6.45, 7) is 0. The summed E-state index contributed by atoms with van der Waals surface area (Å²) >= 11 is 2.24. The quantitative estimate of drug-likeness (QED) is 0.390. The summed E-state index contributed by atoms with van der Waals surface area (Å²) in [5.74, 6) is 0. The highest BCUT2D eigenvalue weighted by Gasteiger charge is 2.04. The monoisotopic (exact) mass is 363 g/mol. The molecule has 3 heteroatoms. The van der Waals surface area contributed by atoms with Gasteiger partial charge in [-0.05, 0) is 58.3 Å². The van der Waals surface area contributed by atoms with Gasteiger partial charge in [0, 0.05) is 14.8 Å². The average molecular weight is 363 g/mol. The molecule has 0 aliphatic heterocycles. The molecule has 0 atom stereocenters. The van der Waals surface area contributed by atoms with Crippen LogP contribution in [-0.4, -0.2) is 6.29 Å². The number of benzene rings is 2. The van der Waals surface area contributed by atoms with Crippen molar-refractivity contribution in [3.63, 3.8) is 0 Å². The molecule has 0 aliphatic carbocycles. The molecule has 2 aromatic carbocycles. The summed E-state index contributed by atoms with van der Waals surface area (Å²) in [6, 6.07) is 15.6. The van der Waals surface area contributed by atoms with E-state index < -0.39 is 0 Å². The van der Waals surface area contributed by atoms with Crippen LogP contribution in [0, 0.1) is 3.57 Å². The van der Waals surface area contributed by atoms with Crippen molar-refractivity contribution in [2.75, 3.05) is 5.73 Å². The van der Waals surface area contributed by atoms with Gasteiger partial charge in [-0.2, -0.15) is 0 Å². The van der Waals surface area contributed by atoms with Crippen LogP contribution in [0.15, 0.2) is 54.6 Å². The van der Waals surface area contributed by atoms with Crippen molar-refractivity contribution in [2.24, 2.45) is 0 Å². The summed E-state index contributed by atoms with van der Waals surface area (Å²) in [4.78, 5) is 11.2. The van der Waals surface area contributed by atoms with Crippen LogP contribution < -0.4 is 5.73 Å². The molecule has 19 heavy (non-hydrogen) atoms. The van der Waals surface area contributed by atoms with Gasteiger partial charge in [0.2, 0.25) is 0 Å². The van der Waals surface area contributed by atoms with E-state index in [4.69, 9.17) is 5.73 Å². The first-order chi connectivity index (χ1) is 9.20. The molecule has 2 aromatic rings. The molecule has 0 aliphatic rings. The summed E-state index contributed by atoms with van der Waals surface area (Å²) in [7, 11) is 0. The number of nitrogens with two attached hydrogens (primary N) is 1. The van der Waals surface area contributed by atoms with Gasteiger partial charge in [0.05, 0.1) is 0 Å². The number of halogens is 1. The maximum atomic E-state index is 11.2. The Morgan fingerprint density at radius 1 is 1.11 bits per heavy atom. The lowest BCUT2D eigenvalue weighted by molar-refractivity contribution is -0.103. The number of hydrogen-bond donors (Lipinski definition) is 1. The Bertz CT molecular complexity index is 602. The largest absolute Gasteiger partial charge is 0.399 e. The third-order valence-electron chi connectivity index (χ3n) is 2.85. The molecular formula is C16H14INO. The van der Waals surface area contributed by atoms with Crippen LogP contribution >= 0.6 is 22.6 Å². The molecule has 0 bridgehead atoms. The minimum atomic E-state index is 0.722. The fourth-order valence-corrected chi connectivity index (χ4v) is 2.50. The number of nitrogen functional groups attached to an aromatic ring is 1. The normalized spacial score (nSPS) is 11.3. The van der Waals surface area contributed by atoms with Gasteiger partial charge in [0.15, 0.2) is 0 Å². The van der Waals surface area contributed by atoms with Crippen molar-refractivity contribution >= 4 is 40.1 Å². The Morgan fingerprint density at radius 2 is 1.79 bits per heavy atom. The second kappa shape index (κ2) is 6.52. The second-order valence-electron chi connectivity index (χ2n) is 4.20. The number of rotatable bonds is 4. The molecule has 2 rings (SSSR count). The molecule has 0 spiro atoms. The standard InChI is InChI=1S/C16H14INO/c17-16-4-2-1-3-15(16)13(11-19)8-5-12-6-9-14(18)10-7-12/h1-4,6-11H,5,18H2/b13-8-. The first-order valence-corrected chi connectivity index (χ1v) is 7.03. The molecule has 2 nitrogen and oxygen atoms in total. The average Bonchev–Trinajstić information content (AvgIpc) is 2.43. The van der Waals surface area contributed by atoms with Crippen LogP contribution in [0.25, 0.3) is 5.57 Å². The Kier molecular flexibility index (Phi) is 4.74. The summed E-state index contributed by atoms with van der Waals surface area (Å²) in [5, 5.41) is 0. The lowest BCUT2D eigenvalue weighted by Crippen LogP contribution is -1.92. The topological polar surface area (TPSA) is 43.1 Å². The Labute approximate surface area is 126 Å². The van der Waals surface area contributed by atoms with Crippen molar-refractivity contribution < 1.29 is 4.79 Å². The van der Waals surface area contributed by atoms with E-state index in [1.54, 1.807) is 0 Å². The number of hydrogen-bond acceptors (Lipinski definition) is 2. The van der Waals surface area contributed by atoms with E-state index in [0.717, 1.165) is 38.7 Å². The van der Waals surface area contributed by atoms with Gasteiger partial charge in [-0.3, -0.25) is 4.79 Å². The third kappa shape index (κ3) is 3.67. The van der Waals surface area contributed by atoms with E-state index in [9.17, 15) is 4.79 Å². The van der Waals surface area contributed by atoms with Crippen molar-refractivity contribution in [1.29, 1.82) is 0 Å². The first kappa shape index (κ1) is 13.8. The summed E-state index contributed by atoms with van der Waals surface area (Å²) in [5.41, 5.74) is 9.24. The first-order valence-electron chi connectivity index (χ1n) is 5.95. The van der Waals surface area contributed by atoms with Crippen molar-refractivity contribution in [2.45, 2.75) is 6.42 Å². The lowest BCUT2D eigenvalue weighted by Gasteiger charge is -2.04. The van der Waals surface area contributed by atoms with Gasteiger partial charge < -0.3 is 5.73 Å². The van der Waals surface area contributed by atoms with E-state index in [-0.39, 0.29) is 0 Å². The van der Waals surface area contributed by atoms with Crippen molar-refractivity contribution in [3.05, 3.63) is 69.3 Å². The minimum absolute atomic E-state index is 0.722. The van der Waals surface area contributed by atoms with E-state index in [0.29, 0.717) is 0 Å². The number of aldehydes is 1. The molecule has 0 saturated carbocycles. The fourth-order valence-electron chi connectivity index (χ4n) is 1.80. The second-order valence-corrected chi connectivity index (χ2v) is 5.37. The van der Waals surface area contributed by atoms with Gasteiger partial charge in [0.25, 0.3) is 0 Å². The zero-order valence-corrected chi connectivity index (χ0v) is 12.5. The molecule has 0 radical (unpaired) electrons. The number of carbonyl (C=O) groups excluding carboxylic acids is 1. The molecule has 0 unspecified atom stereocenters. The van der Waals surface area contributed by atoms with Gasteiger partial charge in [-0.1, -0.05) is 36.4 Å². The summed E-state index contributed by atoms with van der Waals surface area (Å²) in [6.07, 6.45) is 3.59. The van der Waals surface area contributed by atoms with Crippen LogP contribution in [0.1, 0.15) is 11.1 Å². The predicted molar refractivity (Wildman–Crippen MR) is 87.8 cm³/mol. The van der Waals surface area contributed by atoms with Crippen LogP contribution in [0.3, 0.4) is 0 Å². The minimum Gasteiger partial charge on any atom is -0.399 e. The zero-order valence-electron chi connectivity index (χ0n) is 10.3. The van der Waals surface area contributed by atoms with Gasteiger partial charge in [-0.15, -0.1) is 0 Å². The molecule has 2 N–H and O–H groups in total. The predicted octanol–water partition coefficient (Wildman–Crippen LogP) is 3.70. The van der Waals surface area contributed by atoms with E-state index >= 15 is 0 Å². The summed E-state index contributed by atoms with van der Waals surface area (Å²) < 4.78 is 1.08. The van der Waals surface area contributed by atoms with Gasteiger partial charge in [0.1, 0.15) is 6.29 Å². The highest BCUT2D eigenvalue weighted by molar-refractivity contribution is 14.1. The van der Waals surface area contributed by atoms with Gasteiger partial charge in [-0.25, -0.2) is 0 Å². The smallest absolute Gasteiger partial charge is 0.150 e. The molecule has 96 valence electrons. The molecule has 0 fully saturated rings. The zero-order chi connectivity index (χ0) is 13.7. The van der Waals surface area contributed by atoms with Crippen molar-refractivity contribution in [1.82, 2.24) is 0 Å². The van der Waals surface area contributed by atoms with Crippen molar-refractivity contribution in [3.8, 4) is 0 Å². The highest BCUT2D eigenvalue weighted by Crippen LogP contribution is 2.20. The third-order valence-corrected chi connectivity index (χ3v) is 3.79. The van der Waals surface area contributed by atoms with E-state index in [2.05, 4.69) is 22.6 Å². The van der Waals surface area contributed by atoms with E-state index in [1.807, 2.05) is 54.6 Å². The van der Waals surface area contributed by atoms with E-state index in [1.165, 1.54) is 0 Å². The number of allylic oxidation sites excluding steroid dienone is 2. The Morgan fingerprint density at radius 3 is 2.42 bits per heavy atom. The lowest BCUT2D eigenvalue weighted by atomic mass is 10.0.